The molecule has 29 heavy (non-hydrogen) atoms. The molecule has 8 heteroatoms. The molecule has 0 aliphatic carbocycles. The molecule has 0 unspecified atom stereocenters. The monoisotopic (exact) mass is 455 g/mol. The molecule has 0 fully saturated rings. The number of ether oxygens (including phenoxy) is 1. The van der Waals surface area contributed by atoms with Gasteiger partial charge in [-0.3, -0.25) is 9.59 Å². The van der Waals surface area contributed by atoms with Crippen LogP contribution in [0.2, 0.25) is 0 Å². The molecule has 7 nitrogen and oxygen atoms in total. The molecule has 0 saturated carbocycles. The standard InChI is InChI=1S/C21H18BrN3O4/c1-14-11-16(22)7-8-17(14)23-19(26)13-29-21(28)18-9-10-20(27)25(24-18)12-15-5-3-2-4-6-15/h2-11H,12-13H2,1H3,(H,23,26). The topological polar surface area (TPSA) is 90.3 Å². The molecule has 3 aromatic rings. The number of aromatic nitrogens is 2. The molecule has 2 aromatic carbocycles. The van der Waals surface area contributed by atoms with Crippen molar-refractivity contribution in [3.05, 3.63) is 92.3 Å². The Morgan fingerprint density at radius 1 is 1.10 bits per heavy atom. The van der Waals surface area contributed by atoms with Gasteiger partial charge in [0, 0.05) is 16.2 Å². The van der Waals surface area contributed by atoms with Crippen LogP contribution in [0.4, 0.5) is 5.69 Å². The van der Waals surface area contributed by atoms with Crippen LogP contribution in [-0.2, 0) is 16.1 Å². The minimum atomic E-state index is -0.783. The number of carbonyl (C=O) groups excluding carboxylic acids is 2. The summed E-state index contributed by atoms with van der Waals surface area (Å²) in [6.07, 6.45) is 0. The molecule has 0 atom stereocenters. The summed E-state index contributed by atoms with van der Waals surface area (Å²) in [5.74, 6) is -1.25. The molecule has 1 aromatic heterocycles. The van der Waals surface area contributed by atoms with Crippen molar-refractivity contribution in [3.63, 3.8) is 0 Å². The largest absolute Gasteiger partial charge is 0.451 e. The third-order valence-electron chi connectivity index (χ3n) is 4.05. The first kappa shape index (κ1) is 20.5. The van der Waals surface area contributed by atoms with Gasteiger partial charge >= 0.3 is 5.97 Å². The van der Waals surface area contributed by atoms with Gasteiger partial charge < -0.3 is 10.1 Å². The minimum Gasteiger partial charge on any atom is -0.451 e. The summed E-state index contributed by atoms with van der Waals surface area (Å²) in [5, 5.41) is 6.73. The number of carbonyl (C=O) groups is 2. The Hall–Kier alpha value is -3.26. The molecular formula is C21H18BrN3O4. The molecule has 1 N–H and O–H groups in total. The second kappa shape index (κ2) is 9.29. The number of nitrogens with one attached hydrogen (secondary N) is 1. The molecule has 1 amide bonds. The van der Waals surface area contributed by atoms with Gasteiger partial charge in [0.2, 0.25) is 0 Å². The van der Waals surface area contributed by atoms with Gasteiger partial charge in [-0.05, 0) is 42.3 Å². The van der Waals surface area contributed by atoms with Crippen LogP contribution in [0.1, 0.15) is 21.6 Å². The number of rotatable bonds is 6. The van der Waals surface area contributed by atoms with Crippen molar-refractivity contribution >= 4 is 33.5 Å². The van der Waals surface area contributed by atoms with Gasteiger partial charge in [0.05, 0.1) is 6.54 Å². The lowest BCUT2D eigenvalue weighted by atomic mass is 10.2. The first-order valence-corrected chi connectivity index (χ1v) is 9.57. The first-order valence-electron chi connectivity index (χ1n) is 8.77. The fraction of sp³-hybridized carbons (Fsp3) is 0.143. The van der Waals surface area contributed by atoms with Crippen molar-refractivity contribution in [2.24, 2.45) is 0 Å². The number of nitrogens with zero attached hydrogens (tertiary/aromatic N) is 2. The number of aryl methyl sites for hydroxylation is 1. The minimum absolute atomic E-state index is 0.0480. The Bertz CT molecular complexity index is 1100. The number of amides is 1. The van der Waals surface area contributed by atoms with E-state index in [1.807, 2.05) is 43.3 Å². The van der Waals surface area contributed by atoms with Gasteiger partial charge in [0.25, 0.3) is 11.5 Å². The highest BCUT2D eigenvalue weighted by atomic mass is 79.9. The van der Waals surface area contributed by atoms with Crippen LogP contribution in [0.15, 0.2) is 69.9 Å². The summed E-state index contributed by atoms with van der Waals surface area (Å²) in [4.78, 5) is 36.3. The third-order valence-corrected chi connectivity index (χ3v) is 4.54. The van der Waals surface area contributed by atoms with Crippen LogP contribution in [-0.4, -0.2) is 28.3 Å². The normalized spacial score (nSPS) is 10.4. The van der Waals surface area contributed by atoms with E-state index in [2.05, 4.69) is 26.3 Å². The van der Waals surface area contributed by atoms with Gasteiger partial charge in [-0.2, -0.15) is 5.10 Å². The Morgan fingerprint density at radius 3 is 2.59 bits per heavy atom. The summed E-state index contributed by atoms with van der Waals surface area (Å²) in [5.41, 5.74) is 1.98. The van der Waals surface area contributed by atoms with E-state index in [1.165, 1.54) is 16.8 Å². The van der Waals surface area contributed by atoms with E-state index < -0.39 is 18.5 Å². The van der Waals surface area contributed by atoms with Crippen molar-refractivity contribution in [2.45, 2.75) is 13.5 Å². The van der Waals surface area contributed by atoms with Gasteiger partial charge in [-0.25, -0.2) is 9.48 Å². The molecular weight excluding hydrogens is 438 g/mol. The fourth-order valence-corrected chi connectivity index (χ4v) is 3.06. The van der Waals surface area contributed by atoms with Gasteiger partial charge in [-0.15, -0.1) is 0 Å². The van der Waals surface area contributed by atoms with E-state index in [9.17, 15) is 14.4 Å². The molecule has 0 spiro atoms. The van der Waals surface area contributed by atoms with Crippen LogP contribution in [0.25, 0.3) is 0 Å². The smallest absolute Gasteiger partial charge is 0.359 e. The summed E-state index contributed by atoms with van der Waals surface area (Å²) >= 11 is 3.36. The highest BCUT2D eigenvalue weighted by Crippen LogP contribution is 2.19. The Balaban J connectivity index is 1.62. The van der Waals surface area contributed by atoms with Gasteiger partial charge in [-0.1, -0.05) is 46.3 Å². The zero-order chi connectivity index (χ0) is 20.8. The second-order valence-electron chi connectivity index (χ2n) is 6.28. The molecule has 0 saturated heterocycles. The van der Waals surface area contributed by atoms with Crippen molar-refractivity contribution in [2.75, 3.05) is 11.9 Å². The SMILES string of the molecule is Cc1cc(Br)ccc1NC(=O)COC(=O)c1ccc(=O)n(Cc2ccccc2)n1. The maximum absolute atomic E-state index is 12.2. The molecule has 0 radical (unpaired) electrons. The number of halogens is 1. The zero-order valence-electron chi connectivity index (χ0n) is 15.6. The number of anilines is 1. The van der Waals surface area contributed by atoms with Gasteiger partial charge in [0.1, 0.15) is 0 Å². The fourth-order valence-electron chi connectivity index (χ4n) is 2.59. The lowest BCUT2D eigenvalue weighted by Crippen LogP contribution is -2.26. The average Bonchev–Trinajstić information content (AvgIpc) is 2.71. The molecule has 3 rings (SSSR count). The lowest BCUT2D eigenvalue weighted by Gasteiger charge is -2.10. The van der Waals surface area contributed by atoms with Crippen molar-refractivity contribution < 1.29 is 14.3 Å². The maximum atomic E-state index is 12.2. The highest BCUT2D eigenvalue weighted by Gasteiger charge is 2.14. The van der Waals surface area contributed by atoms with E-state index in [0.29, 0.717) is 5.69 Å². The molecule has 148 valence electrons. The molecule has 0 bridgehead atoms. The second-order valence-corrected chi connectivity index (χ2v) is 7.20. The van der Waals surface area contributed by atoms with Crippen molar-refractivity contribution in [1.29, 1.82) is 0 Å². The third kappa shape index (κ3) is 5.61. The quantitative estimate of drug-likeness (QED) is 0.576. The highest BCUT2D eigenvalue weighted by molar-refractivity contribution is 9.10. The Morgan fingerprint density at radius 2 is 1.86 bits per heavy atom. The van der Waals surface area contributed by atoms with E-state index in [1.54, 1.807) is 12.1 Å². The van der Waals surface area contributed by atoms with Crippen LogP contribution >= 0.6 is 15.9 Å². The van der Waals surface area contributed by atoms with E-state index in [-0.39, 0.29) is 17.8 Å². The number of hydrogen-bond donors (Lipinski definition) is 1. The van der Waals surface area contributed by atoms with Crippen molar-refractivity contribution in [1.82, 2.24) is 9.78 Å². The van der Waals surface area contributed by atoms with Crippen LogP contribution in [0, 0.1) is 6.92 Å². The first-order chi connectivity index (χ1) is 13.9. The summed E-state index contributed by atoms with van der Waals surface area (Å²) in [6.45, 7) is 1.62. The number of benzene rings is 2. The molecule has 0 aliphatic rings. The van der Waals surface area contributed by atoms with E-state index >= 15 is 0 Å². The van der Waals surface area contributed by atoms with Gasteiger partial charge in [0.15, 0.2) is 12.3 Å². The number of hydrogen-bond acceptors (Lipinski definition) is 5. The summed E-state index contributed by atoms with van der Waals surface area (Å²) in [7, 11) is 0. The molecule has 1 heterocycles. The van der Waals surface area contributed by atoms with E-state index in [4.69, 9.17) is 4.74 Å². The van der Waals surface area contributed by atoms with Crippen LogP contribution in [0.5, 0.6) is 0 Å². The molecule has 0 aliphatic heterocycles. The zero-order valence-corrected chi connectivity index (χ0v) is 17.2. The summed E-state index contributed by atoms with van der Waals surface area (Å²) in [6, 6.07) is 17.2. The summed E-state index contributed by atoms with van der Waals surface area (Å²) < 4.78 is 7.11. The van der Waals surface area contributed by atoms with Crippen LogP contribution < -0.4 is 10.9 Å². The average molecular weight is 456 g/mol. The maximum Gasteiger partial charge on any atom is 0.359 e. The Kier molecular flexibility index (Phi) is 6.56. The van der Waals surface area contributed by atoms with Crippen molar-refractivity contribution in [3.8, 4) is 0 Å². The predicted octanol–water partition coefficient (Wildman–Crippen LogP) is 3.16. The Labute approximate surface area is 175 Å². The van der Waals surface area contributed by atoms with E-state index in [0.717, 1.165) is 15.6 Å². The predicted molar refractivity (Wildman–Crippen MR) is 112 cm³/mol. The number of esters is 1. The lowest BCUT2D eigenvalue weighted by molar-refractivity contribution is -0.119. The van der Waals surface area contributed by atoms with Crippen LogP contribution in [0.3, 0.4) is 0 Å².